The Morgan fingerprint density at radius 3 is 2.90 bits per heavy atom. The molecule has 0 amide bonds. The molecule has 108 valence electrons. The van der Waals surface area contributed by atoms with Gasteiger partial charge in [0.2, 0.25) is 0 Å². The van der Waals surface area contributed by atoms with Crippen molar-refractivity contribution in [1.29, 1.82) is 0 Å². The first-order chi connectivity index (χ1) is 9.59. The van der Waals surface area contributed by atoms with Gasteiger partial charge in [-0.1, -0.05) is 12.5 Å². The first-order valence-corrected chi connectivity index (χ1v) is 8.95. The molecule has 0 aromatic carbocycles. The molecule has 3 heterocycles. The maximum Gasteiger partial charge on any atom is 0.253 e. The third kappa shape index (κ3) is 2.41. The summed E-state index contributed by atoms with van der Waals surface area (Å²) >= 11 is 1.28. The van der Waals surface area contributed by atoms with E-state index >= 15 is 0 Å². The summed E-state index contributed by atoms with van der Waals surface area (Å²) in [7, 11) is -1.54. The molecular weight excluding hydrogens is 294 g/mol. The van der Waals surface area contributed by atoms with Gasteiger partial charge >= 0.3 is 0 Å². The first-order valence-electron chi connectivity index (χ1n) is 6.63. The van der Waals surface area contributed by atoms with Crippen molar-refractivity contribution in [3.8, 4) is 0 Å². The smallest absolute Gasteiger partial charge is 0.253 e. The lowest BCUT2D eigenvalue weighted by atomic mass is 10.0. The molecule has 0 saturated carbocycles. The summed E-state index contributed by atoms with van der Waals surface area (Å²) in [4.78, 5) is 0. The second-order valence-electron chi connectivity index (χ2n) is 5.01. The molecule has 0 radical (unpaired) electrons. The summed E-state index contributed by atoms with van der Waals surface area (Å²) in [6.07, 6.45) is 6.51. The molecule has 1 saturated heterocycles. The topological polar surface area (TPSA) is 55.2 Å². The monoisotopic (exact) mass is 311 g/mol. The number of sulfonamides is 1. The van der Waals surface area contributed by atoms with Gasteiger partial charge in [-0.15, -0.1) is 11.3 Å². The molecule has 0 spiro atoms. The van der Waals surface area contributed by atoms with Crippen LogP contribution in [0.25, 0.3) is 0 Å². The molecule has 2 aromatic rings. The van der Waals surface area contributed by atoms with Gasteiger partial charge in [0.1, 0.15) is 4.21 Å². The van der Waals surface area contributed by atoms with Crippen LogP contribution in [0, 0.1) is 0 Å². The molecule has 1 aliphatic rings. The summed E-state index contributed by atoms with van der Waals surface area (Å²) in [6, 6.07) is 3.36. The van der Waals surface area contributed by atoms with Gasteiger partial charge in [0.05, 0.1) is 12.2 Å². The van der Waals surface area contributed by atoms with Crippen LogP contribution in [0.3, 0.4) is 0 Å². The van der Waals surface area contributed by atoms with E-state index in [9.17, 15) is 8.42 Å². The Kier molecular flexibility index (Phi) is 3.66. The molecule has 0 N–H and O–H groups in total. The maximum atomic E-state index is 12.7. The van der Waals surface area contributed by atoms with Gasteiger partial charge in [-0.05, 0) is 24.3 Å². The Bertz CT molecular complexity index is 676. The van der Waals surface area contributed by atoms with E-state index in [4.69, 9.17) is 0 Å². The highest BCUT2D eigenvalue weighted by atomic mass is 32.2. The van der Waals surface area contributed by atoms with E-state index in [0.717, 1.165) is 24.8 Å². The van der Waals surface area contributed by atoms with Gasteiger partial charge in [0, 0.05) is 25.4 Å². The largest absolute Gasteiger partial charge is 0.275 e. The van der Waals surface area contributed by atoms with Crippen molar-refractivity contribution >= 4 is 21.4 Å². The van der Waals surface area contributed by atoms with Crippen LogP contribution in [-0.2, 0) is 17.1 Å². The zero-order valence-electron chi connectivity index (χ0n) is 11.3. The lowest BCUT2D eigenvalue weighted by Crippen LogP contribution is -2.38. The Morgan fingerprint density at radius 1 is 1.40 bits per heavy atom. The van der Waals surface area contributed by atoms with Gasteiger partial charge in [-0.2, -0.15) is 9.40 Å². The number of rotatable bonds is 3. The quantitative estimate of drug-likeness (QED) is 0.874. The van der Waals surface area contributed by atoms with E-state index in [-0.39, 0.29) is 6.04 Å². The zero-order valence-corrected chi connectivity index (χ0v) is 12.9. The van der Waals surface area contributed by atoms with E-state index in [1.54, 1.807) is 32.7 Å². The van der Waals surface area contributed by atoms with Gasteiger partial charge in [0.25, 0.3) is 10.0 Å². The van der Waals surface area contributed by atoms with Crippen molar-refractivity contribution in [2.75, 3.05) is 6.54 Å². The average Bonchev–Trinajstić information content (AvgIpc) is 3.10. The van der Waals surface area contributed by atoms with Crippen LogP contribution in [0.5, 0.6) is 0 Å². The number of nitrogens with zero attached hydrogens (tertiary/aromatic N) is 3. The van der Waals surface area contributed by atoms with E-state index in [1.165, 1.54) is 11.3 Å². The van der Waals surface area contributed by atoms with E-state index in [0.29, 0.717) is 10.8 Å². The predicted octanol–water partition coefficient (Wildman–Crippen LogP) is 2.40. The minimum absolute atomic E-state index is 0.0930. The fraction of sp³-hybridized carbons (Fsp3) is 0.462. The molecule has 0 aliphatic carbocycles. The predicted molar refractivity (Wildman–Crippen MR) is 78.0 cm³/mol. The van der Waals surface area contributed by atoms with Gasteiger partial charge in [-0.3, -0.25) is 4.68 Å². The van der Waals surface area contributed by atoms with Crippen LogP contribution in [0.4, 0.5) is 0 Å². The summed E-state index contributed by atoms with van der Waals surface area (Å²) in [5.41, 5.74) is 0.979. The van der Waals surface area contributed by atoms with Crippen molar-refractivity contribution in [1.82, 2.24) is 14.1 Å². The number of aryl methyl sites for hydroxylation is 1. The van der Waals surface area contributed by atoms with Crippen molar-refractivity contribution in [2.45, 2.75) is 29.5 Å². The second kappa shape index (κ2) is 5.31. The normalized spacial score (nSPS) is 21.1. The van der Waals surface area contributed by atoms with Crippen molar-refractivity contribution in [2.24, 2.45) is 7.05 Å². The average molecular weight is 311 g/mol. The number of thiophene rings is 1. The van der Waals surface area contributed by atoms with Crippen LogP contribution in [0.1, 0.15) is 30.9 Å². The van der Waals surface area contributed by atoms with Crippen LogP contribution in [0.2, 0.25) is 0 Å². The molecular formula is C13H17N3O2S2. The van der Waals surface area contributed by atoms with E-state index < -0.39 is 10.0 Å². The molecule has 1 unspecified atom stereocenters. The summed E-state index contributed by atoms with van der Waals surface area (Å²) in [6.45, 7) is 0.583. The molecule has 1 aliphatic heterocycles. The lowest BCUT2D eigenvalue weighted by molar-refractivity contribution is 0.256. The molecule has 1 fully saturated rings. The SMILES string of the molecule is Cn1cc(C2CCCCN2S(=O)(=O)c2cccs2)cn1. The Balaban J connectivity index is 1.97. The fourth-order valence-electron chi connectivity index (χ4n) is 2.66. The standard InChI is InChI=1S/C13H17N3O2S2/c1-15-10-11(9-14-15)12-5-2-3-7-16(12)20(17,18)13-6-4-8-19-13/h4,6,8-10,12H,2-3,5,7H2,1H3. The molecule has 2 aromatic heterocycles. The molecule has 20 heavy (non-hydrogen) atoms. The molecule has 5 nitrogen and oxygen atoms in total. The van der Waals surface area contributed by atoms with Crippen molar-refractivity contribution in [3.63, 3.8) is 0 Å². The van der Waals surface area contributed by atoms with Gasteiger partial charge in [0.15, 0.2) is 0 Å². The zero-order chi connectivity index (χ0) is 14.2. The minimum Gasteiger partial charge on any atom is -0.275 e. The van der Waals surface area contributed by atoms with Crippen LogP contribution < -0.4 is 0 Å². The Morgan fingerprint density at radius 2 is 2.25 bits per heavy atom. The van der Waals surface area contributed by atoms with E-state index in [2.05, 4.69) is 5.10 Å². The van der Waals surface area contributed by atoms with Crippen LogP contribution in [0.15, 0.2) is 34.1 Å². The first kappa shape index (κ1) is 13.8. The Hall–Kier alpha value is -1.18. The molecule has 7 heteroatoms. The number of hydrogen-bond donors (Lipinski definition) is 0. The minimum atomic E-state index is -3.39. The van der Waals surface area contributed by atoms with Crippen LogP contribution in [-0.4, -0.2) is 29.0 Å². The fourth-order valence-corrected chi connectivity index (χ4v) is 5.47. The van der Waals surface area contributed by atoms with Crippen molar-refractivity contribution < 1.29 is 8.42 Å². The second-order valence-corrected chi connectivity index (χ2v) is 8.07. The number of hydrogen-bond acceptors (Lipinski definition) is 4. The van der Waals surface area contributed by atoms with Gasteiger partial charge < -0.3 is 0 Å². The third-order valence-electron chi connectivity index (χ3n) is 3.62. The highest BCUT2D eigenvalue weighted by Crippen LogP contribution is 2.36. The highest BCUT2D eigenvalue weighted by Gasteiger charge is 2.35. The molecule has 1 atom stereocenters. The third-order valence-corrected chi connectivity index (χ3v) is 6.90. The van der Waals surface area contributed by atoms with E-state index in [1.807, 2.05) is 13.2 Å². The van der Waals surface area contributed by atoms with Crippen molar-refractivity contribution in [3.05, 3.63) is 35.5 Å². The van der Waals surface area contributed by atoms with Gasteiger partial charge in [-0.25, -0.2) is 8.42 Å². The molecule has 0 bridgehead atoms. The highest BCUT2D eigenvalue weighted by molar-refractivity contribution is 7.91. The van der Waals surface area contributed by atoms with Crippen LogP contribution >= 0.6 is 11.3 Å². The summed E-state index contributed by atoms with van der Waals surface area (Å²) in [5.74, 6) is 0. The summed E-state index contributed by atoms with van der Waals surface area (Å²) < 4.78 is 29.3. The Labute approximate surface area is 122 Å². The summed E-state index contributed by atoms with van der Waals surface area (Å²) in [5, 5.41) is 5.97. The number of aromatic nitrogens is 2. The lowest BCUT2D eigenvalue weighted by Gasteiger charge is -2.33. The number of piperidine rings is 1. The molecule has 3 rings (SSSR count). The maximum absolute atomic E-state index is 12.7.